The molecule has 0 amide bonds. The normalized spacial score (nSPS) is 22.2. The van der Waals surface area contributed by atoms with Gasteiger partial charge in [0.25, 0.3) is 0 Å². The summed E-state index contributed by atoms with van der Waals surface area (Å²) in [6.45, 7) is 0. The van der Waals surface area contributed by atoms with E-state index >= 15 is 0 Å². The quantitative estimate of drug-likeness (QED) is 0.608. The number of Topliss-reactive ketones (excluding diaryl/α,β-unsaturated/α-hetero) is 1. The molecule has 1 aromatic rings. The molecule has 0 N–H and O–H groups in total. The van der Waals surface area contributed by atoms with Gasteiger partial charge < -0.3 is 0 Å². The van der Waals surface area contributed by atoms with Crippen molar-refractivity contribution in [3.8, 4) is 0 Å². The van der Waals surface area contributed by atoms with Crippen LogP contribution in [0.2, 0.25) is 0 Å². The lowest BCUT2D eigenvalue weighted by molar-refractivity contribution is -0.0521. The lowest BCUT2D eigenvalue weighted by Gasteiger charge is -2.28. The van der Waals surface area contributed by atoms with Crippen LogP contribution in [0.4, 0.5) is 8.78 Å². The van der Waals surface area contributed by atoms with E-state index in [0.29, 0.717) is 16.5 Å². The summed E-state index contributed by atoms with van der Waals surface area (Å²) in [5, 5.41) is 0. The molecule has 0 heterocycles. The molecular weight excluding hydrogens is 382 g/mol. The molecule has 0 saturated heterocycles. The van der Waals surface area contributed by atoms with E-state index in [4.69, 9.17) is 0 Å². The molecule has 1 saturated carbocycles. The molecule has 1 aliphatic rings. The molecule has 0 radical (unpaired) electrons. The Labute approximate surface area is 128 Å². The maximum absolute atomic E-state index is 13.3. The smallest absolute Gasteiger partial charge is 0.248 e. The minimum absolute atomic E-state index is 0.0420. The fraction of sp³-hybridized carbons (Fsp3) is 0.500. The van der Waals surface area contributed by atoms with Gasteiger partial charge in [0.15, 0.2) is 5.78 Å². The first-order chi connectivity index (χ1) is 8.87. The van der Waals surface area contributed by atoms with Gasteiger partial charge in [-0.15, -0.1) is 0 Å². The molecule has 1 aromatic carbocycles. The van der Waals surface area contributed by atoms with Crippen molar-refractivity contribution in [2.75, 3.05) is 0 Å². The van der Waals surface area contributed by atoms with Crippen molar-refractivity contribution in [1.29, 1.82) is 0 Å². The van der Waals surface area contributed by atoms with Crippen LogP contribution in [0, 0.1) is 5.92 Å². The Balaban J connectivity index is 2.04. The predicted molar refractivity (Wildman–Crippen MR) is 77.7 cm³/mol. The highest BCUT2D eigenvalue weighted by Crippen LogP contribution is 2.38. The Kier molecular flexibility index (Phi) is 4.77. The lowest BCUT2D eigenvalue weighted by Crippen LogP contribution is -2.27. The van der Waals surface area contributed by atoms with Gasteiger partial charge in [-0.1, -0.05) is 31.9 Å². The molecule has 0 aliphatic heterocycles. The summed E-state index contributed by atoms with van der Waals surface area (Å²) in [7, 11) is 0. The Morgan fingerprint density at radius 3 is 2.74 bits per heavy atom. The summed E-state index contributed by atoms with van der Waals surface area (Å²) in [5.74, 6) is -2.87. The molecule has 1 aliphatic carbocycles. The average molecular weight is 396 g/mol. The first-order valence-corrected chi connectivity index (χ1v) is 7.82. The molecule has 0 bridgehead atoms. The van der Waals surface area contributed by atoms with Crippen LogP contribution in [0.5, 0.6) is 0 Å². The largest absolute Gasteiger partial charge is 0.294 e. The number of hydrogen-bond donors (Lipinski definition) is 0. The fourth-order valence-electron chi connectivity index (χ4n) is 2.54. The number of carbonyl (C=O) groups is 1. The molecule has 5 heteroatoms. The standard InChI is InChI=1S/C14H14Br2F2O/c15-10-3-4-11(12(16)7-10)13(19)6-9-2-1-5-14(17,18)8-9/h3-4,7,9H,1-2,5-6,8H2. The Hall–Kier alpha value is -0.290. The summed E-state index contributed by atoms with van der Waals surface area (Å²) in [5.41, 5.74) is 0.567. The molecule has 1 fully saturated rings. The Morgan fingerprint density at radius 2 is 2.11 bits per heavy atom. The molecule has 1 unspecified atom stereocenters. The van der Waals surface area contributed by atoms with Gasteiger partial charge in [-0.05, 0) is 37.0 Å². The van der Waals surface area contributed by atoms with Crippen molar-refractivity contribution in [3.63, 3.8) is 0 Å². The van der Waals surface area contributed by atoms with Crippen molar-refractivity contribution in [2.24, 2.45) is 5.92 Å². The van der Waals surface area contributed by atoms with Crippen molar-refractivity contribution in [1.82, 2.24) is 0 Å². The number of ketones is 1. The molecule has 0 spiro atoms. The third-order valence-electron chi connectivity index (χ3n) is 3.45. The first-order valence-electron chi connectivity index (χ1n) is 6.23. The third kappa shape index (κ3) is 4.09. The summed E-state index contributed by atoms with van der Waals surface area (Å²) in [6.07, 6.45) is 1.23. The SMILES string of the molecule is O=C(CC1CCCC(F)(F)C1)c1ccc(Br)cc1Br. The molecule has 1 atom stereocenters. The molecule has 0 aromatic heterocycles. The Morgan fingerprint density at radius 1 is 1.37 bits per heavy atom. The van der Waals surface area contributed by atoms with Crippen molar-refractivity contribution < 1.29 is 13.6 Å². The highest BCUT2D eigenvalue weighted by Gasteiger charge is 2.36. The predicted octanol–water partition coefficient (Wildman–Crippen LogP) is 5.61. The van der Waals surface area contributed by atoms with Crippen LogP contribution in [0.15, 0.2) is 27.1 Å². The minimum atomic E-state index is -2.60. The van der Waals surface area contributed by atoms with Crippen molar-refractivity contribution >= 4 is 37.6 Å². The van der Waals surface area contributed by atoms with Gasteiger partial charge in [0.2, 0.25) is 5.92 Å². The van der Waals surface area contributed by atoms with E-state index in [1.165, 1.54) is 0 Å². The van der Waals surface area contributed by atoms with Gasteiger partial charge in [0.1, 0.15) is 0 Å². The zero-order chi connectivity index (χ0) is 14.0. The van der Waals surface area contributed by atoms with E-state index in [1.807, 2.05) is 0 Å². The number of rotatable bonds is 3. The molecular formula is C14H14Br2F2O. The molecule has 104 valence electrons. The van der Waals surface area contributed by atoms with Gasteiger partial charge in [-0.2, -0.15) is 0 Å². The minimum Gasteiger partial charge on any atom is -0.294 e. The number of hydrogen-bond acceptors (Lipinski definition) is 1. The second-order valence-corrected chi connectivity index (χ2v) is 6.84. The van der Waals surface area contributed by atoms with Crippen molar-refractivity contribution in [2.45, 2.75) is 38.0 Å². The van der Waals surface area contributed by atoms with Gasteiger partial charge in [0, 0.05) is 33.8 Å². The zero-order valence-electron chi connectivity index (χ0n) is 10.3. The van der Waals surface area contributed by atoms with Crippen LogP contribution in [0.3, 0.4) is 0 Å². The van der Waals surface area contributed by atoms with E-state index in [0.717, 1.165) is 10.9 Å². The van der Waals surface area contributed by atoms with Crippen LogP contribution < -0.4 is 0 Å². The maximum atomic E-state index is 13.3. The highest BCUT2D eigenvalue weighted by atomic mass is 79.9. The van der Waals surface area contributed by atoms with Crippen LogP contribution in [-0.2, 0) is 0 Å². The third-order valence-corrected chi connectivity index (χ3v) is 4.60. The Bertz CT molecular complexity index is 488. The second kappa shape index (κ2) is 6.00. The van der Waals surface area contributed by atoms with E-state index in [1.54, 1.807) is 18.2 Å². The highest BCUT2D eigenvalue weighted by molar-refractivity contribution is 9.11. The fourth-order valence-corrected chi connectivity index (χ4v) is 3.81. The van der Waals surface area contributed by atoms with Crippen molar-refractivity contribution in [3.05, 3.63) is 32.7 Å². The number of carbonyl (C=O) groups excluding carboxylic acids is 1. The first kappa shape index (κ1) is 15.1. The summed E-state index contributed by atoms with van der Waals surface area (Å²) < 4.78 is 28.2. The summed E-state index contributed by atoms with van der Waals surface area (Å²) >= 11 is 6.65. The average Bonchev–Trinajstić information content (AvgIpc) is 2.27. The summed E-state index contributed by atoms with van der Waals surface area (Å²) in [4.78, 5) is 12.2. The van der Waals surface area contributed by atoms with Crippen LogP contribution in [0.1, 0.15) is 42.5 Å². The van der Waals surface area contributed by atoms with Crippen LogP contribution in [0.25, 0.3) is 0 Å². The molecule has 1 nitrogen and oxygen atoms in total. The van der Waals surface area contributed by atoms with E-state index in [-0.39, 0.29) is 31.0 Å². The van der Waals surface area contributed by atoms with Gasteiger partial charge in [-0.3, -0.25) is 4.79 Å². The van der Waals surface area contributed by atoms with E-state index in [9.17, 15) is 13.6 Å². The maximum Gasteiger partial charge on any atom is 0.248 e. The van der Waals surface area contributed by atoms with E-state index < -0.39 is 5.92 Å². The topological polar surface area (TPSA) is 17.1 Å². The second-order valence-electron chi connectivity index (χ2n) is 5.07. The summed E-state index contributed by atoms with van der Waals surface area (Å²) in [6, 6.07) is 5.30. The lowest BCUT2D eigenvalue weighted by atomic mass is 9.82. The van der Waals surface area contributed by atoms with Crippen LogP contribution in [-0.4, -0.2) is 11.7 Å². The monoisotopic (exact) mass is 394 g/mol. The van der Waals surface area contributed by atoms with Crippen LogP contribution >= 0.6 is 31.9 Å². The number of benzene rings is 1. The van der Waals surface area contributed by atoms with Gasteiger partial charge in [0.05, 0.1) is 0 Å². The zero-order valence-corrected chi connectivity index (χ0v) is 13.4. The number of halogens is 4. The van der Waals surface area contributed by atoms with Gasteiger partial charge in [-0.25, -0.2) is 8.78 Å². The number of alkyl halides is 2. The van der Waals surface area contributed by atoms with Gasteiger partial charge >= 0.3 is 0 Å². The van der Waals surface area contributed by atoms with E-state index in [2.05, 4.69) is 31.9 Å². The molecule has 19 heavy (non-hydrogen) atoms. The molecule has 2 rings (SSSR count).